The van der Waals surface area contributed by atoms with Gasteiger partial charge in [-0.2, -0.15) is 41.1 Å². The highest BCUT2D eigenvalue weighted by Crippen LogP contribution is 2.61. The van der Waals surface area contributed by atoms with Gasteiger partial charge in [-0.3, -0.25) is 9.13 Å². The molecule has 0 amide bonds. The Labute approximate surface area is 301 Å². The molecule has 0 saturated carbocycles. The van der Waals surface area contributed by atoms with Crippen molar-refractivity contribution in [2.24, 2.45) is 0 Å². The Morgan fingerprint density at radius 2 is 1.29 bits per heavy atom. The lowest BCUT2D eigenvalue weighted by Gasteiger charge is -2.22. The van der Waals surface area contributed by atoms with Crippen molar-refractivity contribution in [2.75, 3.05) is 19.5 Å². The van der Waals surface area contributed by atoms with E-state index < -0.39 is 37.6 Å². The van der Waals surface area contributed by atoms with Gasteiger partial charge in [-0.1, -0.05) is 68.3 Å². The topological polar surface area (TPSA) is 134 Å². The number of benzene rings is 3. The summed E-state index contributed by atoms with van der Waals surface area (Å²) >= 11 is 9.21. The number of thioether (sulfide) groups is 2. The summed E-state index contributed by atoms with van der Waals surface area (Å²) in [6.45, 7) is 0.795. The maximum Gasteiger partial charge on any atom is 0.399 e. The maximum absolute atomic E-state index is 13.8. The van der Waals surface area contributed by atoms with Crippen molar-refractivity contribution in [3.63, 3.8) is 0 Å². The summed E-state index contributed by atoms with van der Waals surface area (Å²) in [7, 11) is -9.54. The predicted molar refractivity (Wildman–Crippen MR) is 188 cm³/mol. The summed E-state index contributed by atoms with van der Waals surface area (Å²) in [6.07, 6.45) is 3.56. The minimum Gasteiger partial charge on any atom is -0.497 e. The van der Waals surface area contributed by atoms with Crippen LogP contribution in [0.2, 0.25) is 0 Å². The number of rotatable bonds is 13. The summed E-state index contributed by atoms with van der Waals surface area (Å²) < 4.78 is 87.7. The summed E-state index contributed by atoms with van der Waals surface area (Å²) in [4.78, 5) is 35.3. The highest BCUT2D eigenvalue weighted by Gasteiger charge is 2.52. The molecule has 18 heteroatoms. The van der Waals surface area contributed by atoms with Crippen LogP contribution < -0.4 is 4.74 Å². The van der Waals surface area contributed by atoms with Gasteiger partial charge in [0, 0.05) is 49.7 Å². The Morgan fingerprint density at radius 1 is 0.792 bits per heavy atom. The number of methoxy groups -OCH3 is 1. The van der Waals surface area contributed by atoms with Gasteiger partial charge in [0.05, 0.1) is 13.2 Å². The lowest BCUT2D eigenvalue weighted by atomic mass is 10.1. The molecule has 1 atom stereocenters. The molecule has 0 aliphatic carbocycles. The van der Waals surface area contributed by atoms with Crippen LogP contribution >= 0.6 is 70.6 Å². The Morgan fingerprint density at radius 3 is 1.73 bits per heavy atom. The first-order valence-corrected chi connectivity index (χ1v) is 21.3. The monoisotopic (exact) mass is 882 g/mol. The van der Waals surface area contributed by atoms with Crippen molar-refractivity contribution in [1.29, 1.82) is 0 Å². The van der Waals surface area contributed by atoms with Crippen LogP contribution in [0.4, 0.5) is 17.6 Å². The number of halogens is 6. The fourth-order valence-corrected chi connectivity index (χ4v) is 9.06. The smallest absolute Gasteiger partial charge is 0.399 e. The molecule has 1 fully saturated rings. The lowest BCUT2D eigenvalue weighted by molar-refractivity contribution is 0.0315. The SMILES string of the molecule is COc1cccc(CSCc2ccc(C(F)(F)P(=O)(O)O)c(Br)c2)c1.O=P(O)(O)C(F)(F)c1ccc(CSCC2CCCCO2)cc1Br. The predicted octanol–water partition coefficient (Wildman–Crippen LogP) is 9.60. The summed E-state index contributed by atoms with van der Waals surface area (Å²) in [5.41, 5.74) is -7.19. The largest absolute Gasteiger partial charge is 0.497 e. The van der Waals surface area contributed by atoms with E-state index in [0.717, 1.165) is 65.5 Å². The molecule has 0 radical (unpaired) electrons. The van der Waals surface area contributed by atoms with E-state index in [1.807, 2.05) is 24.3 Å². The highest BCUT2D eigenvalue weighted by atomic mass is 79.9. The van der Waals surface area contributed by atoms with E-state index in [1.54, 1.807) is 30.6 Å². The van der Waals surface area contributed by atoms with Gasteiger partial charge >= 0.3 is 26.5 Å². The molecule has 1 aliphatic rings. The minimum atomic E-state index is -5.58. The fourth-order valence-electron chi connectivity index (χ4n) is 4.39. The summed E-state index contributed by atoms with van der Waals surface area (Å²) in [5, 5.41) is 0. The van der Waals surface area contributed by atoms with Crippen LogP contribution in [0.5, 0.6) is 5.75 Å². The zero-order chi connectivity index (χ0) is 35.8. The zero-order valence-corrected chi connectivity index (χ0v) is 32.0. The maximum atomic E-state index is 13.8. The second-order valence-corrected chi connectivity index (χ2v) is 17.7. The molecular weight excluding hydrogens is 850 g/mol. The molecule has 1 unspecified atom stereocenters. The van der Waals surface area contributed by atoms with Gasteiger partial charge in [-0.25, -0.2) is 0 Å². The summed E-state index contributed by atoms with van der Waals surface area (Å²) in [5.74, 6) is 3.52. The molecule has 4 rings (SSSR count). The fraction of sp³-hybridized carbons (Fsp3) is 0.400. The van der Waals surface area contributed by atoms with Gasteiger partial charge in [0.1, 0.15) is 5.75 Å². The van der Waals surface area contributed by atoms with Gasteiger partial charge in [0.2, 0.25) is 0 Å². The Hall–Kier alpha value is -0.900. The van der Waals surface area contributed by atoms with Crippen LogP contribution in [0.25, 0.3) is 0 Å². The normalized spacial score (nSPS) is 15.9. The third kappa shape index (κ3) is 11.6. The number of alkyl halides is 4. The van der Waals surface area contributed by atoms with E-state index in [2.05, 4.69) is 31.9 Å². The molecule has 3 aromatic rings. The number of hydrogen-bond acceptors (Lipinski definition) is 6. The third-order valence-corrected chi connectivity index (χ3v) is 12.4. The minimum absolute atomic E-state index is 0.00200. The molecule has 1 heterocycles. The van der Waals surface area contributed by atoms with Crippen LogP contribution in [0.3, 0.4) is 0 Å². The van der Waals surface area contributed by atoms with E-state index in [4.69, 9.17) is 29.0 Å². The number of ether oxygens (including phenoxy) is 2. The van der Waals surface area contributed by atoms with Crippen molar-refractivity contribution in [3.8, 4) is 5.75 Å². The first-order valence-electron chi connectivity index (χ1n) is 14.2. The molecule has 4 N–H and O–H groups in total. The zero-order valence-electron chi connectivity index (χ0n) is 25.4. The van der Waals surface area contributed by atoms with Crippen molar-refractivity contribution >= 4 is 70.6 Å². The standard InChI is InChI=1S/C16H16BrF2O4PS.C14H18BrF2O4PS/c1-23-13-4-2-3-11(7-13)9-25-10-12-5-6-14(15(17)8-12)16(18,19)24(20,21)22;15-13-7-10(8-23-9-11-3-1-2-6-21-11)4-5-12(13)14(16,17)22(18,19)20/h2-8H,9-10H2,1H3,(H2,20,21,22);4-5,7,11H,1-3,6,8-9H2,(H2,18,19,20). The molecular formula is C30H34Br2F4O8P2S2. The van der Waals surface area contributed by atoms with Crippen LogP contribution in [0.1, 0.15) is 47.1 Å². The van der Waals surface area contributed by atoms with E-state index in [9.17, 15) is 26.7 Å². The molecule has 3 aromatic carbocycles. The van der Waals surface area contributed by atoms with Crippen molar-refractivity contribution in [1.82, 2.24) is 0 Å². The summed E-state index contributed by atoms with van der Waals surface area (Å²) in [6, 6.07) is 15.6. The molecule has 0 spiro atoms. The van der Waals surface area contributed by atoms with Gasteiger partial charge in [-0.15, -0.1) is 0 Å². The first kappa shape index (κ1) is 41.5. The van der Waals surface area contributed by atoms with Crippen molar-refractivity contribution in [2.45, 2.75) is 54.0 Å². The molecule has 8 nitrogen and oxygen atoms in total. The average molecular weight is 884 g/mol. The average Bonchev–Trinajstić information content (AvgIpc) is 3.01. The van der Waals surface area contributed by atoms with E-state index in [-0.39, 0.29) is 15.0 Å². The van der Waals surface area contributed by atoms with Crippen LogP contribution in [-0.2, 0) is 42.5 Å². The molecule has 48 heavy (non-hydrogen) atoms. The Bertz CT molecular complexity index is 1620. The van der Waals surface area contributed by atoms with E-state index >= 15 is 0 Å². The highest BCUT2D eigenvalue weighted by molar-refractivity contribution is 9.10. The van der Waals surface area contributed by atoms with E-state index in [1.165, 1.54) is 30.7 Å². The van der Waals surface area contributed by atoms with Crippen molar-refractivity contribution in [3.05, 3.63) is 97.4 Å². The second-order valence-electron chi connectivity index (χ2n) is 10.6. The van der Waals surface area contributed by atoms with Gasteiger partial charge < -0.3 is 29.0 Å². The number of hydrogen-bond donors (Lipinski definition) is 4. The van der Waals surface area contributed by atoms with Gasteiger partial charge in [0.15, 0.2) is 0 Å². The first-order chi connectivity index (χ1) is 22.4. The van der Waals surface area contributed by atoms with Crippen molar-refractivity contribution < 1.29 is 55.7 Å². The molecule has 0 bridgehead atoms. The van der Waals surface area contributed by atoms with Gasteiger partial charge in [0.25, 0.3) is 0 Å². The molecule has 0 aromatic heterocycles. The molecule has 1 saturated heterocycles. The second kappa shape index (κ2) is 18.0. The van der Waals surface area contributed by atoms with E-state index in [0.29, 0.717) is 11.5 Å². The van der Waals surface area contributed by atoms with Crippen LogP contribution in [0.15, 0.2) is 69.6 Å². The Balaban J connectivity index is 0.000000261. The Kier molecular flexibility index (Phi) is 15.6. The third-order valence-electron chi connectivity index (χ3n) is 6.96. The van der Waals surface area contributed by atoms with Gasteiger partial charge in [-0.05, 0) is 60.2 Å². The van der Waals surface area contributed by atoms with Crippen LogP contribution in [-0.4, -0.2) is 45.1 Å². The van der Waals surface area contributed by atoms with Crippen LogP contribution in [0, 0.1) is 0 Å². The lowest BCUT2D eigenvalue weighted by Crippen LogP contribution is -2.21. The quantitative estimate of drug-likeness (QED) is 0.0972. The molecule has 1 aliphatic heterocycles. The molecule has 266 valence electrons.